The Morgan fingerprint density at radius 2 is 1.38 bits per heavy atom. The van der Waals surface area contributed by atoms with Crippen LogP contribution in [-0.2, 0) is 0 Å². The van der Waals surface area contributed by atoms with Gasteiger partial charge in [-0.1, -0.05) is 0 Å². The zero-order chi connectivity index (χ0) is 9.00. The fourth-order valence-electron chi connectivity index (χ4n) is 1.39. The van der Waals surface area contributed by atoms with E-state index < -0.39 is 0 Å². The molecule has 13 heavy (non-hydrogen) atoms. The van der Waals surface area contributed by atoms with Gasteiger partial charge in [-0.05, 0) is 0 Å². The van der Waals surface area contributed by atoms with Gasteiger partial charge in [-0.2, -0.15) is 0 Å². The van der Waals surface area contributed by atoms with E-state index in [1.807, 2.05) is 22.7 Å². The summed E-state index contributed by atoms with van der Waals surface area (Å²) in [5, 5.41) is 0. The number of halogens is 2. The van der Waals surface area contributed by atoms with E-state index in [1.54, 1.807) is 8.79 Å². The summed E-state index contributed by atoms with van der Waals surface area (Å²) >= 11 is 10.8. The predicted molar refractivity (Wildman–Crippen MR) is 68.1 cm³/mol. The molecule has 2 radical (unpaired) electrons. The van der Waals surface area contributed by atoms with Gasteiger partial charge in [0.05, 0.1) is 0 Å². The van der Waals surface area contributed by atoms with E-state index in [0.29, 0.717) is 0 Å². The summed E-state index contributed by atoms with van der Waals surface area (Å²) in [6.45, 7) is 0. The van der Waals surface area contributed by atoms with Crippen molar-refractivity contribution in [3.8, 4) is 9.75 Å². The van der Waals surface area contributed by atoms with Crippen molar-refractivity contribution in [3.63, 3.8) is 0 Å². The van der Waals surface area contributed by atoms with Crippen molar-refractivity contribution in [1.82, 2.24) is 0 Å². The molecule has 2 aromatic rings. The number of fused-ring (bicyclic) bond motifs is 3. The van der Waals surface area contributed by atoms with Crippen molar-refractivity contribution < 1.29 is 0 Å². The normalized spacial score (nSPS) is 13.1. The summed E-state index contributed by atoms with van der Waals surface area (Å²) in [5.41, 5.74) is 0. The Labute approximate surface area is 107 Å². The minimum absolute atomic E-state index is 0.0312. The Morgan fingerprint density at radius 1 is 0.923 bits per heavy atom. The quantitative estimate of drug-likeness (QED) is 0.514. The number of thiophene rings is 2. The molecule has 64 valence electrons. The van der Waals surface area contributed by atoms with E-state index in [2.05, 4.69) is 44.0 Å². The molecule has 0 saturated heterocycles. The van der Waals surface area contributed by atoms with E-state index in [1.165, 1.54) is 17.3 Å². The van der Waals surface area contributed by atoms with Gasteiger partial charge in [0.15, 0.2) is 0 Å². The van der Waals surface area contributed by atoms with E-state index in [-0.39, 0.29) is 15.4 Å². The molecule has 0 atom stereocenters. The van der Waals surface area contributed by atoms with Crippen LogP contribution in [0.3, 0.4) is 0 Å². The molecule has 0 unspecified atom stereocenters. The maximum atomic E-state index is 3.55. The first-order valence-electron chi connectivity index (χ1n) is 3.60. The van der Waals surface area contributed by atoms with Gasteiger partial charge in [-0.3, -0.25) is 0 Å². The Bertz CT molecular complexity index is 442. The average molecular weight is 395 g/mol. The molecule has 1 aliphatic heterocycles. The zero-order valence-electron chi connectivity index (χ0n) is 6.23. The maximum absolute atomic E-state index is 3.55. The molecule has 0 saturated carbocycles. The van der Waals surface area contributed by atoms with Gasteiger partial charge in [-0.25, -0.2) is 0 Å². The molecule has 3 rings (SSSR count). The SMILES string of the molecule is Brc1c[c]2c(s1)-c1sc(Br)c[c]1[Ge]2. The van der Waals surface area contributed by atoms with Crippen molar-refractivity contribution in [2.75, 3.05) is 0 Å². The van der Waals surface area contributed by atoms with Crippen molar-refractivity contribution >= 4 is 78.8 Å². The third-order valence-electron chi connectivity index (χ3n) is 1.88. The molecular weight excluding hydrogens is 393 g/mol. The van der Waals surface area contributed by atoms with E-state index >= 15 is 0 Å². The second-order valence-electron chi connectivity index (χ2n) is 2.71. The van der Waals surface area contributed by atoms with E-state index in [9.17, 15) is 0 Å². The van der Waals surface area contributed by atoms with Crippen LogP contribution in [0.4, 0.5) is 0 Å². The molecule has 0 amide bonds. The number of hydrogen-bond acceptors (Lipinski definition) is 2. The second kappa shape index (κ2) is 3.20. The van der Waals surface area contributed by atoms with Crippen LogP contribution in [0.1, 0.15) is 0 Å². The summed E-state index contributed by atoms with van der Waals surface area (Å²) in [6.07, 6.45) is 0. The topological polar surface area (TPSA) is 0 Å². The molecule has 0 aromatic carbocycles. The molecule has 2 aromatic heterocycles. The Balaban J connectivity index is 2.28. The summed E-state index contributed by atoms with van der Waals surface area (Å²) in [7, 11) is 0. The van der Waals surface area contributed by atoms with Gasteiger partial charge >= 0.3 is 108 Å². The summed E-state index contributed by atoms with van der Waals surface area (Å²) in [4.78, 5) is 3.02. The van der Waals surface area contributed by atoms with Gasteiger partial charge < -0.3 is 0 Å². The van der Waals surface area contributed by atoms with Crippen LogP contribution in [0.15, 0.2) is 19.7 Å². The van der Waals surface area contributed by atoms with Crippen molar-refractivity contribution in [2.45, 2.75) is 0 Å². The monoisotopic (exact) mass is 394 g/mol. The number of rotatable bonds is 0. The van der Waals surface area contributed by atoms with Gasteiger partial charge in [0, 0.05) is 0 Å². The summed E-state index contributed by atoms with van der Waals surface area (Å²) in [5.74, 6) is 0. The van der Waals surface area contributed by atoms with Crippen LogP contribution >= 0.6 is 54.5 Å². The Hall–Kier alpha value is 0.903. The molecule has 0 nitrogen and oxygen atoms in total. The molecule has 0 spiro atoms. The zero-order valence-corrected chi connectivity index (χ0v) is 13.1. The van der Waals surface area contributed by atoms with Gasteiger partial charge in [0.25, 0.3) is 0 Å². The fraction of sp³-hybridized carbons (Fsp3) is 0. The Morgan fingerprint density at radius 3 is 1.85 bits per heavy atom. The van der Waals surface area contributed by atoms with Gasteiger partial charge in [0.2, 0.25) is 0 Å². The van der Waals surface area contributed by atoms with Crippen molar-refractivity contribution in [2.24, 2.45) is 0 Å². The fourth-order valence-corrected chi connectivity index (χ4v) is 9.95. The van der Waals surface area contributed by atoms with Gasteiger partial charge in [-0.15, -0.1) is 0 Å². The second-order valence-corrected chi connectivity index (χ2v) is 10.4. The van der Waals surface area contributed by atoms with Crippen molar-refractivity contribution in [1.29, 1.82) is 0 Å². The van der Waals surface area contributed by atoms with Crippen molar-refractivity contribution in [3.05, 3.63) is 19.7 Å². The van der Waals surface area contributed by atoms with Crippen LogP contribution in [0.5, 0.6) is 0 Å². The first kappa shape index (κ1) is 9.15. The number of hydrogen-bond donors (Lipinski definition) is 0. The Kier molecular flexibility index (Phi) is 2.25. The predicted octanol–water partition coefficient (Wildman–Crippen LogP) is 2.97. The average Bonchev–Trinajstić information content (AvgIpc) is 2.60. The van der Waals surface area contributed by atoms with Crippen LogP contribution in [0, 0.1) is 0 Å². The molecule has 3 heterocycles. The van der Waals surface area contributed by atoms with E-state index in [0.717, 1.165) is 0 Å². The third-order valence-corrected chi connectivity index (χ3v) is 8.87. The van der Waals surface area contributed by atoms with Crippen LogP contribution in [0.25, 0.3) is 9.75 Å². The van der Waals surface area contributed by atoms with Crippen LogP contribution in [-0.4, -0.2) is 15.4 Å². The van der Waals surface area contributed by atoms with Crippen LogP contribution < -0.4 is 8.79 Å². The van der Waals surface area contributed by atoms with Gasteiger partial charge in [0.1, 0.15) is 0 Å². The van der Waals surface area contributed by atoms with E-state index in [4.69, 9.17) is 0 Å². The molecule has 0 bridgehead atoms. The molecule has 0 fully saturated rings. The molecule has 5 heteroatoms. The molecular formula is C8H2Br2GeS2. The molecule has 0 aliphatic carbocycles. The standard InChI is InChI=1S/C8H2Br2GeS2/c9-5-1-3-7(12-5)8-4(11-3)2-6(10)13-8/h1-2H. The first-order chi connectivity index (χ1) is 6.24. The molecule has 0 N–H and O–H groups in total. The third kappa shape index (κ3) is 1.42. The minimum atomic E-state index is -0.0312. The first-order valence-corrected chi connectivity index (χ1v) is 8.92. The van der Waals surface area contributed by atoms with Crippen LogP contribution in [0.2, 0.25) is 0 Å². The summed E-state index contributed by atoms with van der Waals surface area (Å²) in [6, 6.07) is 4.58. The summed E-state index contributed by atoms with van der Waals surface area (Å²) < 4.78 is 5.75. The molecule has 1 aliphatic rings.